The molecule has 0 aromatic heterocycles. The van der Waals surface area contributed by atoms with Crippen molar-refractivity contribution in [3.63, 3.8) is 0 Å². The molecule has 2 amide bonds. The summed E-state index contributed by atoms with van der Waals surface area (Å²) >= 11 is 3.28. The van der Waals surface area contributed by atoms with Gasteiger partial charge in [-0.25, -0.2) is 9.29 Å². The number of halogens is 2. The predicted octanol–water partition coefficient (Wildman–Crippen LogP) is 3.80. The van der Waals surface area contributed by atoms with Crippen LogP contribution in [0, 0.1) is 11.2 Å². The van der Waals surface area contributed by atoms with E-state index in [4.69, 9.17) is 0 Å². The lowest BCUT2D eigenvalue weighted by Gasteiger charge is -2.37. The molecule has 1 aliphatic carbocycles. The summed E-state index contributed by atoms with van der Waals surface area (Å²) in [4.78, 5) is 25.9. The van der Waals surface area contributed by atoms with Crippen molar-refractivity contribution in [2.24, 2.45) is 5.41 Å². The van der Waals surface area contributed by atoms with Crippen molar-refractivity contribution >= 4 is 33.4 Å². The molecule has 1 saturated carbocycles. The number of hydrogen-bond acceptors (Lipinski definition) is 2. The van der Waals surface area contributed by atoms with E-state index in [-0.39, 0.29) is 17.2 Å². The van der Waals surface area contributed by atoms with Crippen LogP contribution in [0.15, 0.2) is 22.7 Å². The van der Waals surface area contributed by atoms with Gasteiger partial charge < -0.3 is 0 Å². The molecular formula is C15H15BrFNO2. The van der Waals surface area contributed by atoms with E-state index in [0.717, 1.165) is 30.6 Å². The lowest BCUT2D eigenvalue weighted by Crippen LogP contribution is -2.47. The third-order valence-electron chi connectivity index (χ3n) is 4.36. The molecule has 0 N–H and O–H groups in total. The van der Waals surface area contributed by atoms with Crippen LogP contribution in [-0.2, 0) is 9.59 Å². The molecule has 20 heavy (non-hydrogen) atoms. The molecular weight excluding hydrogens is 325 g/mol. The van der Waals surface area contributed by atoms with Crippen LogP contribution in [-0.4, -0.2) is 11.8 Å². The fourth-order valence-electron chi connectivity index (χ4n) is 3.41. The van der Waals surface area contributed by atoms with Gasteiger partial charge in [0.15, 0.2) is 0 Å². The Morgan fingerprint density at radius 2 is 1.70 bits per heavy atom. The van der Waals surface area contributed by atoms with Gasteiger partial charge in [-0.1, -0.05) is 12.8 Å². The third-order valence-corrected chi connectivity index (χ3v) is 5.04. The molecule has 3 rings (SSSR count). The van der Waals surface area contributed by atoms with Crippen molar-refractivity contribution in [3.8, 4) is 0 Å². The molecule has 1 heterocycles. The van der Waals surface area contributed by atoms with Crippen LogP contribution >= 0.6 is 15.9 Å². The van der Waals surface area contributed by atoms with E-state index in [1.807, 2.05) is 0 Å². The molecule has 0 radical (unpaired) electrons. The van der Waals surface area contributed by atoms with E-state index in [9.17, 15) is 14.0 Å². The number of hydrogen-bond donors (Lipinski definition) is 0. The molecule has 3 nitrogen and oxygen atoms in total. The number of nitrogens with zero attached hydrogens (tertiary/aromatic N) is 1. The second kappa shape index (κ2) is 4.95. The number of rotatable bonds is 1. The van der Waals surface area contributed by atoms with Crippen LogP contribution in [0.3, 0.4) is 0 Å². The lowest BCUT2D eigenvalue weighted by atomic mass is 9.76. The average molecular weight is 340 g/mol. The number of carbonyl (C=O) groups is 2. The maximum absolute atomic E-state index is 13.4. The van der Waals surface area contributed by atoms with Gasteiger partial charge in [0.2, 0.25) is 11.8 Å². The predicted molar refractivity (Wildman–Crippen MR) is 76.7 cm³/mol. The number of amides is 2. The fraction of sp³-hybridized carbons (Fsp3) is 0.467. The van der Waals surface area contributed by atoms with E-state index in [0.29, 0.717) is 23.0 Å². The summed E-state index contributed by atoms with van der Waals surface area (Å²) in [5.74, 6) is -0.881. The van der Waals surface area contributed by atoms with E-state index >= 15 is 0 Å². The topological polar surface area (TPSA) is 37.4 Å². The highest BCUT2D eigenvalue weighted by molar-refractivity contribution is 9.10. The largest absolute Gasteiger partial charge is 0.274 e. The van der Waals surface area contributed by atoms with Crippen LogP contribution in [0.2, 0.25) is 0 Å². The zero-order valence-electron chi connectivity index (χ0n) is 11.0. The minimum atomic E-state index is -0.454. The molecule has 1 aliphatic heterocycles. The maximum Gasteiger partial charge on any atom is 0.234 e. The maximum atomic E-state index is 13.4. The minimum Gasteiger partial charge on any atom is -0.274 e. The molecule has 2 aliphatic rings. The Labute approximate surface area is 125 Å². The smallest absolute Gasteiger partial charge is 0.234 e. The molecule has 1 saturated heterocycles. The number of benzene rings is 1. The van der Waals surface area contributed by atoms with Gasteiger partial charge in [0.1, 0.15) is 5.82 Å². The first kappa shape index (κ1) is 13.7. The van der Waals surface area contributed by atoms with E-state index in [1.165, 1.54) is 18.2 Å². The van der Waals surface area contributed by atoms with Crippen molar-refractivity contribution in [3.05, 3.63) is 28.5 Å². The molecule has 0 atom stereocenters. The van der Waals surface area contributed by atoms with Crippen LogP contribution in [0.4, 0.5) is 10.1 Å². The van der Waals surface area contributed by atoms with Crippen LogP contribution in [0.5, 0.6) is 0 Å². The Morgan fingerprint density at radius 1 is 1.10 bits per heavy atom. The first-order chi connectivity index (χ1) is 9.51. The zero-order valence-corrected chi connectivity index (χ0v) is 12.6. The summed E-state index contributed by atoms with van der Waals surface area (Å²) in [6, 6.07) is 4.04. The van der Waals surface area contributed by atoms with E-state index in [2.05, 4.69) is 15.9 Å². The SMILES string of the molecule is O=C1CC2(CCCC2)CC(=O)N1c1cc(F)ccc1Br. The molecule has 0 bridgehead atoms. The van der Waals surface area contributed by atoms with Crippen molar-refractivity contribution in [2.75, 3.05) is 4.90 Å². The summed E-state index contributed by atoms with van der Waals surface area (Å²) in [6.45, 7) is 0. The summed E-state index contributed by atoms with van der Waals surface area (Å²) in [7, 11) is 0. The molecule has 5 heteroatoms. The first-order valence-corrected chi connectivity index (χ1v) is 7.61. The highest BCUT2D eigenvalue weighted by atomic mass is 79.9. The van der Waals surface area contributed by atoms with Crippen molar-refractivity contribution < 1.29 is 14.0 Å². The van der Waals surface area contributed by atoms with Crippen molar-refractivity contribution in [2.45, 2.75) is 38.5 Å². The average Bonchev–Trinajstić information content (AvgIpc) is 2.80. The van der Waals surface area contributed by atoms with Gasteiger partial charge in [-0.05, 0) is 52.4 Å². The Kier molecular flexibility index (Phi) is 3.40. The summed E-state index contributed by atoms with van der Waals surface area (Å²) < 4.78 is 13.9. The number of imide groups is 1. The van der Waals surface area contributed by atoms with Gasteiger partial charge in [0.05, 0.1) is 5.69 Å². The van der Waals surface area contributed by atoms with Crippen LogP contribution < -0.4 is 4.90 Å². The summed E-state index contributed by atoms with van der Waals surface area (Å²) in [5.41, 5.74) is 0.178. The Bertz CT molecular complexity index is 561. The quantitative estimate of drug-likeness (QED) is 0.729. The zero-order chi connectivity index (χ0) is 14.3. The van der Waals surface area contributed by atoms with Crippen molar-refractivity contribution in [1.82, 2.24) is 0 Å². The molecule has 0 unspecified atom stereocenters. The standard InChI is InChI=1S/C15H15BrFNO2/c16-11-4-3-10(17)7-12(11)18-13(19)8-15(9-14(18)20)5-1-2-6-15/h3-4,7H,1-2,5-6,8-9H2. The number of carbonyl (C=O) groups excluding carboxylic acids is 2. The van der Waals surface area contributed by atoms with Crippen molar-refractivity contribution in [1.29, 1.82) is 0 Å². The second-order valence-electron chi connectivity index (χ2n) is 5.78. The summed E-state index contributed by atoms with van der Waals surface area (Å²) in [5, 5.41) is 0. The van der Waals surface area contributed by atoms with Crippen LogP contribution in [0.1, 0.15) is 38.5 Å². The van der Waals surface area contributed by atoms with Gasteiger partial charge >= 0.3 is 0 Å². The Morgan fingerprint density at radius 3 is 2.30 bits per heavy atom. The van der Waals surface area contributed by atoms with E-state index in [1.54, 1.807) is 0 Å². The van der Waals surface area contributed by atoms with Gasteiger partial charge in [0, 0.05) is 17.3 Å². The van der Waals surface area contributed by atoms with Gasteiger partial charge in [-0.2, -0.15) is 0 Å². The highest BCUT2D eigenvalue weighted by Gasteiger charge is 2.45. The fourth-order valence-corrected chi connectivity index (χ4v) is 3.83. The first-order valence-electron chi connectivity index (χ1n) is 6.82. The molecule has 2 fully saturated rings. The van der Waals surface area contributed by atoms with E-state index < -0.39 is 5.82 Å². The minimum absolute atomic E-state index is 0.134. The number of piperidine rings is 1. The molecule has 1 spiro atoms. The monoisotopic (exact) mass is 339 g/mol. The molecule has 1 aromatic rings. The number of anilines is 1. The third kappa shape index (κ3) is 2.28. The highest BCUT2D eigenvalue weighted by Crippen LogP contribution is 2.48. The Hall–Kier alpha value is -1.23. The normalized spacial score (nSPS) is 21.8. The Balaban J connectivity index is 1.93. The lowest BCUT2D eigenvalue weighted by molar-refractivity contribution is -0.133. The molecule has 106 valence electrons. The van der Waals surface area contributed by atoms with Gasteiger partial charge in [-0.15, -0.1) is 0 Å². The molecule has 1 aromatic carbocycles. The van der Waals surface area contributed by atoms with Crippen LogP contribution in [0.25, 0.3) is 0 Å². The summed E-state index contributed by atoms with van der Waals surface area (Å²) in [6.07, 6.45) is 4.85. The van der Waals surface area contributed by atoms with Gasteiger partial charge in [0.25, 0.3) is 0 Å². The second-order valence-corrected chi connectivity index (χ2v) is 6.63. The van der Waals surface area contributed by atoms with Gasteiger partial charge in [-0.3, -0.25) is 9.59 Å².